The predicted octanol–water partition coefficient (Wildman–Crippen LogP) is 1.10. The minimum Gasteiger partial charge on any atom is -0.311 e. The monoisotopic (exact) mass is 286 g/mol. The number of carbonyl (C=O) groups is 1. The van der Waals surface area contributed by atoms with E-state index in [1.54, 1.807) is 6.07 Å². The van der Waals surface area contributed by atoms with Gasteiger partial charge in [-0.25, -0.2) is 4.39 Å². The molecule has 2 rings (SSSR count). The molecule has 1 amide bonds. The van der Waals surface area contributed by atoms with E-state index in [0.717, 1.165) is 17.0 Å². The first-order chi connectivity index (χ1) is 8.81. The second kappa shape index (κ2) is 4.59. The van der Waals surface area contributed by atoms with Crippen LogP contribution in [0.15, 0.2) is 18.2 Å². The minimum absolute atomic E-state index is 0.00523. The van der Waals surface area contributed by atoms with Gasteiger partial charge in [0, 0.05) is 18.7 Å². The fourth-order valence-electron chi connectivity index (χ4n) is 1.91. The molecule has 1 aliphatic rings. The highest BCUT2D eigenvalue weighted by atomic mass is 32.3. The zero-order chi connectivity index (χ0) is 14.2. The zero-order valence-corrected chi connectivity index (χ0v) is 10.3. The Morgan fingerprint density at radius 2 is 2.05 bits per heavy atom. The fraction of sp³-hybridized carbons (Fsp3) is 0.273. The number of amides is 1. The summed E-state index contributed by atoms with van der Waals surface area (Å²) in [4.78, 5) is 12.6. The van der Waals surface area contributed by atoms with Gasteiger partial charge < -0.3 is 4.90 Å². The number of nitriles is 1. The summed E-state index contributed by atoms with van der Waals surface area (Å²) in [6, 6.07) is 4.93. The van der Waals surface area contributed by atoms with Crippen LogP contribution in [0.25, 0.3) is 0 Å². The average molecular weight is 286 g/mol. The lowest BCUT2D eigenvalue weighted by Crippen LogP contribution is -2.27. The predicted molar refractivity (Wildman–Crippen MR) is 61.9 cm³/mol. The van der Waals surface area contributed by atoms with Crippen molar-refractivity contribution in [3.8, 4) is 6.07 Å². The molecule has 5 nitrogen and oxygen atoms in total. The molecule has 1 aromatic carbocycles. The first-order valence-electron chi connectivity index (χ1n) is 5.26. The Hall–Kier alpha value is -2.01. The van der Waals surface area contributed by atoms with Crippen LogP contribution in [0.1, 0.15) is 12.0 Å². The Labute approximate surface area is 108 Å². The van der Waals surface area contributed by atoms with Crippen molar-refractivity contribution in [2.45, 2.75) is 11.7 Å². The van der Waals surface area contributed by atoms with Gasteiger partial charge in [0.2, 0.25) is 5.91 Å². The molecule has 1 saturated heterocycles. The number of hydrogen-bond acceptors (Lipinski definition) is 4. The molecular weight excluding hydrogens is 278 g/mol. The Balaban J connectivity index is 2.36. The molecular formula is C11H8F2N2O3S. The van der Waals surface area contributed by atoms with E-state index in [0.29, 0.717) is 0 Å². The maximum atomic E-state index is 13.2. The molecule has 1 heterocycles. The molecule has 1 aromatic rings. The standard InChI is InChI=1S/C11H8F2N2O3S/c12-8-1-7(5-14)2-9(3-8)15-6-10(4-11(15)16)19(13,17)18/h1-3,10H,4,6H2. The summed E-state index contributed by atoms with van der Waals surface area (Å²) in [5.41, 5.74) is 0.0436. The second-order valence-electron chi connectivity index (χ2n) is 4.12. The number of anilines is 1. The van der Waals surface area contributed by atoms with Crippen LogP contribution in [0, 0.1) is 17.1 Å². The number of carbonyl (C=O) groups excluding carboxylic acids is 1. The van der Waals surface area contributed by atoms with Gasteiger partial charge in [-0.1, -0.05) is 0 Å². The van der Waals surface area contributed by atoms with E-state index in [9.17, 15) is 21.5 Å². The lowest BCUT2D eigenvalue weighted by Gasteiger charge is -2.16. The molecule has 1 unspecified atom stereocenters. The first kappa shape index (κ1) is 13.4. The average Bonchev–Trinajstić information content (AvgIpc) is 2.70. The highest BCUT2D eigenvalue weighted by Crippen LogP contribution is 2.27. The van der Waals surface area contributed by atoms with Crippen LogP contribution in [0.3, 0.4) is 0 Å². The SMILES string of the molecule is N#Cc1cc(F)cc(N2CC(S(=O)(=O)F)CC2=O)c1. The smallest absolute Gasteiger partial charge is 0.307 e. The fourth-order valence-corrected chi connectivity index (χ4v) is 2.58. The summed E-state index contributed by atoms with van der Waals surface area (Å²) in [6.45, 7) is -0.383. The second-order valence-corrected chi connectivity index (χ2v) is 5.73. The molecule has 0 aliphatic carbocycles. The molecule has 0 bridgehead atoms. The summed E-state index contributed by atoms with van der Waals surface area (Å²) in [7, 11) is -4.82. The van der Waals surface area contributed by atoms with Gasteiger partial charge in [0.05, 0.1) is 11.6 Å². The number of rotatable bonds is 2. The molecule has 19 heavy (non-hydrogen) atoms. The topological polar surface area (TPSA) is 78.2 Å². The van der Waals surface area contributed by atoms with E-state index in [-0.39, 0.29) is 17.8 Å². The van der Waals surface area contributed by atoms with E-state index in [1.165, 1.54) is 6.07 Å². The van der Waals surface area contributed by atoms with Crippen molar-refractivity contribution in [2.75, 3.05) is 11.4 Å². The van der Waals surface area contributed by atoms with Gasteiger partial charge >= 0.3 is 10.2 Å². The summed E-state index contributed by atoms with van der Waals surface area (Å²) >= 11 is 0. The maximum Gasteiger partial charge on any atom is 0.307 e. The van der Waals surface area contributed by atoms with E-state index >= 15 is 0 Å². The zero-order valence-electron chi connectivity index (χ0n) is 9.51. The lowest BCUT2D eigenvalue weighted by molar-refractivity contribution is -0.117. The van der Waals surface area contributed by atoms with Gasteiger partial charge in [-0.3, -0.25) is 4.79 Å². The van der Waals surface area contributed by atoms with Crippen LogP contribution in [-0.2, 0) is 15.0 Å². The van der Waals surface area contributed by atoms with Crippen molar-refractivity contribution in [3.63, 3.8) is 0 Å². The number of halogens is 2. The van der Waals surface area contributed by atoms with Gasteiger partial charge in [-0.15, -0.1) is 3.89 Å². The molecule has 0 spiro atoms. The normalized spacial score (nSPS) is 19.5. The molecule has 8 heteroatoms. The largest absolute Gasteiger partial charge is 0.311 e. The Morgan fingerprint density at radius 3 is 2.58 bits per heavy atom. The molecule has 0 aromatic heterocycles. The van der Waals surface area contributed by atoms with Gasteiger partial charge in [-0.2, -0.15) is 13.7 Å². The number of hydrogen-bond donors (Lipinski definition) is 0. The van der Waals surface area contributed by atoms with E-state index in [4.69, 9.17) is 5.26 Å². The third-order valence-electron chi connectivity index (χ3n) is 2.81. The molecule has 0 radical (unpaired) electrons. The van der Waals surface area contributed by atoms with Crippen molar-refractivity contribution in [3.05, 3.63) is 29.6 Å². The first-order valence-corrected chi connectivity index (χ1v) is 6.70. The Morgan fingerprint density at radius 1 is 1.37 bits per heavy atom. The third kappa shape index (κ3) is 2.71. The Bertz CT molecular complexity index is 682. The molecule has 0 N–H and O–H groups in total. The van der Waals surface area contributed by atoms with Gasteiger partial charge in [0.15, 0.2) is 0 Å². The van der Waals surface area contributed by atoms with Crippen molar-refractivity contribution < 1.29 is 21.5 Å². The van der Waals surface area contributed by atoms with Crippen LogP contribution in [0.2, 0.25) is 0 Å². The molecule has 0 saturated carbocycles. The van der Waals surface area contributed by atoms with Crippen LogP contribution < -0.4 is 4.90 Å². The third-order valence-corrected chi connectivity index (χ3v) is 3.92. The highest BCUT2D eigenvalue weighted by molar-refractivity contribution is 7.87. The van der Waals surface area contributed by atoms with Crippen LogP contribution >= 0.6 is 0 Å². The summed E-state index contributed by atoms with van der Waals surface area (Å²) in [5.74, 6) is -1.35. The van der Waals surface area contributed by atoms with Crippen molar-refractivity contribution in [1.29, 1.82) is 5.26 Å². The van der Waals surface area contributed by atoms with E-state index in [2.05, 4.69) is 0 Å². The van der Waals surface area contributed by atoms with Crippen molar-refractivity contribution in [2.24, 2.45) is 0 Å². The number of nitrogens with zero attached hydrogens (tertiary/aromatic N) is 2. The Kier molecular flexibility index (Phi) is 3.24. The summed E-state index contributed by atoms with van der Waals surface area (Å²) in [6.07, 6.45) is -0.489. The summed E-state index contributed by atoms with van der Waals surface area (Å²) in [5, 5.41) is 7.25. The van der Waals surface area contributed by atoms with Gasteiger partial charge in [-0.05, 0) is 18.2 Å². The molecule has 1 atom stereocenters. The van der Waals surface area contributed by atoms with Crippen LogP contribution in [0.5, 0.6) is 0 Å². The summed E-state index contributed by atoms with van der Waals surface area (Å²) < 4.78 is 47.6. The van der Waals surface area contributed by atoms with Gasteiger partial charge in [0.25, 0.3) is 0 Å². The van der Waals surface area contributed by atoms with E-state index < -0.39 is 33.6 Å². The molecule has 1 fully saturated rings. The van der Waals surface area contributed by atoms with Crippen molar-refractivity contribution >= 4 is 21.8 Å². The molecule has 1 aliphatic heterocycles. The van der Waals surface area contributed by atoms with Crippen molar-refractivity contribution in [1.82, 2.24) is 0 Å². The molecule has 100 valence electrons. The van der Waals surface area contributed by atoms with Crippen LogP contribution in [-0.4, -0.2) is 26.1 Å². The number of benzene rings is 1. The van der Waals surface area contributed by atoms with E-state index in [1.807, 2.05) is 0 Å². The van der Waals surface area contributed by atoms with Crippen LogP contribution in [0.4, 0.5) is 14.0 Å². The quantitative estimate of drug-likeness (QED) is 0.763. The van der Waals surface area contributed by atoms with Gasteiger partial charge in [0.1, 0.15) is 11.1 Å². The maximum absolute atomic E-state index is 13.2. The highest BCUT2D eigenvalue weighted by Gasteiger charge is 2.39. The minimum atomic E-state index is -4.82. The lowest BCUT2D eigenvalue weighted by atomic mass is 10.2.